The molecule has 0 spiro atoms. The summed E-state index contributed by atoms with van der Waals surface area (Å²) in [6.45, 7) is 5.64. The molecule has 0 bridgehead atoms. The first-order valence-electron chi connectivity index (χ1n) is 7.31. The van der Waals surface area contributed by atoms with Crippen molar-refractivity contribution in [1.82, 2.24) is 0 Å². The van der Waals surface area contributed by atoms with E-state index in [1.54, 1.807) is 13.2 Å². The number of thioether (sulfide) groups is 1. The maximum absolute atomic E-state index is 12.7. The van der Waals surface area contributed by atoms with Gasteiger partial charge in [-0.15, -0.1) is 11.8 Å². The van der Waals surface area contributed by atoms with Crippen LogP contribution in [0.15, 0.2) is 47.1 Å². The van der Waals surface area contributed by atoms with E-state index >= 15 is 0 Å². The molecule has 0 aromatic heterocycles. The van der Waals surface area contributed by atoms with Gasteiger partial charge in [0, 0.05) is 22.5 Å². The second kappa shape index (κ2) is 8.92. The van der Waals surface area contributed by atoms with Crippen LogP contribution >= 0.6 is 11.8 Å². The summed E-state index contributed by atoms with van der Waals surface area (Å²) in [6, 6.07) is 0. The fraction of sp³-hybridized carbons (Fsp3) is 0.412. The maximum Gasteiger partial charge on any atom is 0.409 e. The fourth-order valence-corrected chi connectivity index (χ4v) is 2.14. The Hall–Kier alpha value is -1.76. The van der Waals surface area contributed by atoms with E-state index < -0.39 is 12.0 Å². The van der Waals surface area contributed by atoms with Gasteiger partial charge in [-0.1, -0.05) is 12.7 Å². The Morgan fingerprint density at radius 3 is 2.38 bits per heavy atom. The lowest BCUT2D eigenvalue weighted by Crippen LogP contribution is -2.17. The van der Waals surface area contributed by atoms with Crippen molar-refractivity contribution in [2.24, 2.45) is 5.92 Å². The third-order valence-electron chi connectivity index (χ3n) is 3.17. The van der Waals surface area contributed by atoms with Crippen molar-refractivity contribution < 1.29 is 27.5 Å². The molecule has 0 unspecified atom stereocenters. The number of alkyl halides is 3. The molecule has 0 atom stereocenters. The Morgan fingerprint density at radius 1 is 1.29 bits per heavy atom. The first kappa shape index (κ1) is 20.3. The molecule has 1 rings (SSSR count). The van der Waals surface area contributed by atoms with Crippen LogP contribution in [0.4, 0.5) is 13.2 Å². The number of allylic oxidation sites excluding steroid dienone is 5. The van der Waals surface area contributed by atoms with Gasteiger partial charge in [-0.3, -0.25) is 9.59 Å². The molecular formula is C17H19F3O3S. The van der Waals surface area contributed by atoms with Gasteiger partial charge < -0.3 is 4.74 Å². The van der Waals surface area contributed by atoms with Crippen LogP contribution in [0.3, 0.4) is 0 Å². The van der Waals surface area contributed by atoms with Gasteiger partial charge >= 0.3 is 6.18 Å². The van der Waals surface area contributed by atoms with E-state index in [9.17, 15) is 22.8 Å². The van der Waals surface area contributed by atoms with Crippen molar-refractivity contribution in [1.29, 1.82) is 0 Å². The lowest BCUT2D eigenvalue weighted by molar-refractivity contribution is -0.120. The van der Waals surface area contributed by atoms with E-state index in [1.165, 1.54) is 0 Å². The fourth-order valence-electron chi connectivity index (χ4n) is 1.76. The lowest BCUT2D eigenvalue weighted by Gasteiger charge is -2.10. The van der Waals surface area contributed by atoms with E-state index in [2.05, 4.69) is 6.58 Å². The van der Waals surface area contributed by atoms with Crippen molar-refractivity contribution in [2.75, 3.05) is 12.9 Å². The Bertz CT molecular complexity index is 597. The number of hydrogen-bond acceptors (Lipinski definition) is 4. The molecule has 1 aliphatic rings. The molecule has 24 heavy (non-hydrogen) atoms. The zero-order valence-electron chi connectivity index (χ0n) is 13.5. The number of ketones is 2. The Morgan fingerprint density at radius 2 is 1.92 bits per heavy atom. The van der Waals surface area contributed by atoms with Crippen molar-refractivity contribution in [3.8, 4) is 0 Å². The number of carbonyl (C=O) groups excluding carboxylic acids is 2. The summed E-state index contributed by atoms with van der Waals surface area (Å²) < 4.78 is 41.8. The summed E-state index contributed by atoms with van der Waals surface area (Å²) in [5.41, 5.74) is -0.204. The summed E-state index contributed by atoms with van der Waals surface area (Å²) in [5.74, 6) is -1.23. The third-order valence-corrected chi connectivity index (χ3v) is 3.88. The number of hydrogen-bond donors (Lipinski definition) is 0. The smallest absolute Gasteiger partial charge is 0.409 e. The van der Waals surface area contributed by atoms with Gasteiger partial charge in [0.1, 0.15) is 5.57 Å². The van der Waals surface area contributed by atoms with Crippen LogP contribution in [0, 0.1) is 5.92 Å². The van der Waals surface area contributed by atoms with Crippen molar-refractivity contribution >= 4 is 23.3 Å². The molecule has 7 heteroatoms. The Kier molecular flexibility index (Phi) is 7.54. The van der Waals surface area contributed by atoms with Crippen LogP contribution in [0.5, 0.6) is 0 Å². The normalized spacial score (nSPS) is 16.4. The third kappa shape index (κ3) is 6.39. The number of ether oxygens (including phenoxy) is 1. The van der Waals surface area contributed by atoms with Gasteiger partial charge in [-0.25, -0.2) is 0 Å². The van der Waals surface area contributed by atoms with Crippen LogP contribution in [-0.4, -0.2) is 30.6 Å². The molecule has 132 valence electrons. The highest BCUT2D eigenvalue weighted by molar-refractivity contribution is 8.02. The van der Waals surface area contributed by atoms with Crippen molar-refractivity contribution in [3.63, 3.8) is 0 Å². The highest BCUT2D eigenvalue weighted by atomic mass is 32.2. The molecule has 0 saturated heterocycles. The first-order valence-corrected chi connectivity index (χ1v) is 8.54. The molecule has 0 heterocycles. The number of carbonyl (C=O) groups is 2. The summed E-state index contributed by atoms with van der Waals surface area (Å²) >= 11 is 1.12. The van der Waals surface area contributed by atoms with Crippen LogP contribution in [0.2, 0.25) is 0 Å². The second-order valence-electron chi connectivity index (χ2n) is 5.06. The summed E-state index contributed by atoms with van der Waals surface area (Å²) in [6.07, 6.45) is 1.42. The molecule has 1 aliphatic carbocycles. The molecule has 0 radical (unpaired) electrons. The molecule has 0 N–H and O–H groups in total. The molecule has 3 nitrogen and oxygen atoms in total. The SMILES string of the molecule is C=C(SC)/C(=C\C=C\C(F)(F)F)C(=O)/C(=C\OCC)C(=O)C1CC1. The molecule has 1 fully saturated rings. The van der Waals surface area contributed by atoms with E-state index in [0.29, 0.717) is 12.8 Å². The van der Waals surface area contributed by atoms with E-state index in [0.717, 1.165) is 30.2 Å². The summed E-state index contributed by atoms with van der Waals surface area (Å²) in [5, 5.41) is 0. The minimum Gasteiger partial charge on any atom is -0.501 e. The number of rotatable bonds is 9. The van der Waals surface area contributed by atoms with Gasteiger partial charge in [0.05, 0.1) is 12.9 Å². The monoisotopic (exact) mass is 360 g/mol. The topological polar surface area (TPSA) is 43.4 Å². The lowest BCUT2D eigenvalue weighted by atomic mass is 9.98. The minimum atomic E-state index is -4.49. The van der Waals surface area contributed by atoms with E-state index in [4.69, 9.17) is 4.74 Å². The average Bonchev–Trinajstić information content (AvgIpc) is 3.34. The van der Waals surface area contributed by atoms with Gasteiger partial charge in [0.25, 0.3) is 0 Å². The predicted molar refractivity (Wildman–Crippen MR) is 88.4 cm³/mol. The van der Waals surface area contributed by atoms with Gasteiger partial charge in [0.15, 0.2) is 5.78 Å². The van der Waals surface area contributed by atoms with Crippen LogP contribution in [0.25, 0.3) is 0 Å². The van der Waals surface area contributed by atoms with Gasteiger partial charge in [-0.05, 0) is 32.1 Å². The molecule has 0 aliphatic heterocycles. The maximum atomic E-state index is 12.7. The van der Waals surface area contributed by atoms with E-state index in [1.807, 2.05) is 0 Å². The first-order chi connectivity index (χ1) is 11.2. The minimum absolute atomic E-state index is 0.0164. The Labute approximate surface area is 143 Å². The highest BCUT2D eigenvalue weighted by Crippen LogP contribution is 2.34. The van der Waals surface area contributed by atoms with Gasteiger partial charge in [0.2, 0.25) is 5.78 Å². The van der Waals surface area contributed by atoms with E-state index in [-0.39, 0.29) is 40.4 Å². The Balaban J connectivity index is 3.15. The van der Waals surface area contributed by atoms with Crippen molar-refractivity contribution in [3.05, 3.63) is 47.1 Å². The number of halogens is 3. The number of Topliss-reactive ketones (excluding diaryl/α,β-unsaturated/α-hetero) is 2. The summed E-state index contributed by atoms with van der Waals surface area (Å²) in [7, 11) is 0. The second-order valence-corrected chi connectivity index (χ2v) is 5.96. The van der Waals surface area contributed by atoms with Crippen molar-refractivity contribution in [2.45, 2.75) is 25.9 Å². The highest BCUT2D eigenvalue weighted by Gasteiger charge is 2.35. The zero-order valence-corrected chi connectivity index (χ0v) is 14.3. The zero-order chi connectivity index (χ0) is 18.3. The summed E-state index contributed by atoms with van der Waals surface area (Å²) in [4.78, 5) is 25.2. The predicted octanol–water partition coefficient (Wildman–Crippen LogP) is 4.38. The average molecular weight is 360 g/mol. The molecule has 0 aromatic rings. The largest absolute Gasteiger partial charge is 0.501 e. The van der Waals surface area contributed by atoms with Crippen LogP contribution in [-0.2, 0) is 14.3 Å². The molecule has 0 amide bonds. The van der Waals surface area contributed by atoms with Gasteiger partial charge in [-0.2, -0.15) is 13.2 Å². The molecular weight excluding hydrogens is 341 g/mol. The quantitative estimate of drug-likeness (QED) is 0.201. The molecule has 1 saturated carbocycles. The van der Waals surface area contributed by atoms with Crippen LogP contribution in [0.1, 0.15) is 19.8 Å². The molecule has 0 aromatic carbocycles. The van der Waals surface area contributed by atoms with Crippen LogP contribution < -0.4 is 0 Å². The standard InChI is InChI=1S/C17H19F3O3S/c1-4-23-10-14(15(21)12-7-8-12)16(22)13(11(2)24-3)6-5-9-17(18,19)20/h5-6,9-10,12H,2,4,7-8H2,1,3H3/b9-5+,13-6+,14-10-.